The summed E-state index contributed by atoms with van der Waals surface area (Å²) >= 11 is 0. The average molecular weight is 330 g/mol. The Hall–Kier alpha value is -2.04. The molecule has 0 aliphatic heterocycles. The van der Waals surface area contributed by atoms with Crippen molar-refractivity contribution in [1.29, 1.82) is 0 Å². The first-order chi connectivity index (χ1) is 11.2. The summed E-state index contributed by atoms with van der Waals surface area (Å²) in [4.78, 5) is 16.4. The van der Waals surface area contributed by atoms with Crippen molar-refractivity contribution in [2.24, 2.45) is 5.41 Å². The highest BCUT2D eigenvalue weighted by Gasteiger charge is 2.12. The molecular weight excluding hydrogens is 300 g/mol. The van der Waals surface area contributed by atoms with Crippen LogP contribution in [0.25, 0.3) is 11.0 Å². The molecule has 0 unspecified atom stereocenters. The van der Waals surface area contributed by atoms with Gasteiger partial charge in [-0.3, -0.25) is 0 Å². The van der Waals surface area contributed by atoms with E-state index in [1.54, 1.807) is 0 Å². The van der Waals surface area contributed by atoms with Crippen molar-refractivity contribution in [3.05, 3.63) is 29.6 Å². The van der Waals surface area contributed by atoms with E-state index in [1.807, 2.05) is 6.92 Å². The molecule has 0 radical (unpaired) electrons. The molecule has 0 bridgehead atoms. The second kappa shape index (κ2) is 7.24. The minimum absolute atomic E-state index is 0.0927. The minimum Gasteiger partial charge on any atom is -0.338 e. The Balaban J connectivity index is 1.93. The molecule has 1 heterocycles. The van der Waals surface area contributed by atoms with E-state index in [4.69, 9.17) is 0 Å². The predicted octanol–water partition coefficient (Wildman–Crippen LogP) is 3.81. The van der Waals surface area contributed by atoms with Gasteiger partial charge in [-0.1, -0.05) is 26.8 Å². The number of carbonyl (C=O) groups is 1. The van der Waals surface area contributed by atoms with E-state index in [9.17, 15) is 4.79 Å². The Labute approximate surface area is 144 Å². The number of nitrogens with one attached hydrogen (secondary N) is 2. The van der Waals surface area contributed by atoms with E-state index < -0.39 is 0 Å². The van der Waals surface area contributed by atoms with Gasteiger partial charge in [-0.05, 0) is 50.3 Å². The van der Waals surface area contributed by atoms with Crippen LogP contribution in [0, 0.1) is 12.3 Å². The van der Waals surface area contributed by atoms with Crippen LogP contribution >= 0.6 is 0 Å². The fourth-order valence-electron chi connectivity index (χ4n) is 2.80. The monoisotopic (exact) mass is 330 g/mol. The molecule has 0 spiro atoms. The molecule has 0 aliphatic carbocycles. The maximum Gasteiger partial charge on any atom is 0.314 e. The fourth-order valence-corrected chi connectivity index (χ4v) is 2.80. The Morgan fingerprint density at radius 3 is 2.58 bits per heavy atom. The molecule has 2 N–H and O–H groups in total. The molecule has 0 fully saturated rings. The standard InChI is InChI=1S/C19H30N4O/c1-13(2)23-14(3)22-16-11-15(7-8-17(16)23)9-10-20-18(24)21-12-19(4,5)6/h7-8,11,13H,9-10,12H2,1-6H3,(H2,20,21,24). The molecule has 24 heavy (non-hydrogen) atoms. The molecule has 2 amide bonds. The van der Waals surface area contributed by atoms with Gasteiger partial charge < -0.3 is 15.2 Å². The van der Waals surface area contributed by atoms with Crippen LogP contribution < -0.4 is 10.6 Å². The number of carbonyl (C=O) groups excluding carboxylic acids is 1. The van der Waals surface area contributed by atoms with Crippen molar-refractivity contribution in [3.63, 3.8) is 0 Å². The lowest BCUT2D eigenvalue weighted by Gasteiger charge is -2.18. The van der Waals surface area contributed by atoms with Gasteiger partial charge >= 0.3 is 6.03 Å². The van der Waals surface area contributed by atoms with Crippen molar-refractivity contribution in [3.8, 4) is 0 Å². The van der Waals surface area contributed by atoms with Crippen LogP contribution in [0.5, 0.6) is 0 Å². The van der Waals surface area contributed by atoms with E-state index in [1.165, 1.54) is 11.1 Å². The number of hydrogen-bond acceptors (Lipinski definition) is 2. The molecule has 1 aromatic heterocycles. The zero-order valence-electron chi connectivity index (χ0n) is 15.7. The second-order valence-corrected chi connectivity index (χ2v) is 7.87. The largest absolute Gasteiger partial charge is 0.338 e. The number of aromatic nitrogens is 2. The van der Waals surface area contributed by atoms with E-state index in [0.717, 1.165) is 17.8 Å². The number of aryl methyl sites for hydroxylation is 1. The number of rotatable bonds is 5. The maximum absolute atomic E-state index is 11.8. The molecule has 2 rings (SSSR count). The molecule has 5 nitrogen and oxygen atoms in total. The van der Waals surface area contributed by atoms with Crippen molar-refractivity contribution >= 4 is 17.1 Å². The zero-order valence-corrected chi connectivity index (χ0v) is 15.7. The van der Waals surface area contributed by atoms with E-state index in [0.29, 0.717) is 19.1 Å². The number of amides is 2. The molecule has 0 saturated heterocycles. The normalized spacial score (nSPS) is 12.0. The van der Waals surface area contributed by atoms with Gasteiger partial charge in [0.1, 0.15) is 5.82 Å². The van der Waals surface area contributed by atoms with E-state index in [-0.39, 0.29) is 11.4 Å². The first-order valence-corrected chi connectivity index (χ1v) is 8.66. The molecule has 0 aliphatic rings. The van der Waals surface area contributed by atoms with Crippen LogP contribution in [0.15, 0.2) is 18.2 Å². The Morgan fingerprint density at radius 2 is 1.96 bits per heavy atom. The lowest BCUT2D eigenvalue weighted by Crippen LogP contribution is -2.40. The molecular formula is C19H30N4O. The van der Waals surface area contributed by atoms with Crippen LogP contribution in [0.3, 0.4) is 0 Å². The van der Waals surface area contributed by atoms with Crippen LogP contribution in [0.4, 0.5) is 4.79 Å². The summed E-state index contributed by atoms with van der Waals surface area (Å²) in [5, 5.41) is 5.81. The lowest BCUT2D eigenvalue weighted by molar-refractivity contribution is 0.235. The Bertz CT molecular complexity index is 710. The summed E-state index contributed by atoms with van der Waals surface area (Å²) < 4.78 is 2.25. The second-order valence-electron chi connectivity index (χ2n) is 7.87. The SMILES string of the molecule is Cc1nc2cc(CCNC(=O)NCC(C)(C)C)ccc2n1C(C)C. The van der Waals surface area contributed by atoms with Gasteiger partial charge in [0.05, 0.1) is 11.0 Å². The molecule has 5 heteroatoms. The van der Waals surface area contributed by atoms with Crippen molar-refractivity contribution < 1.29 is 4.79 Å². The van der Waals surface area contributed by atoms with Crippen molar-refractivity contribution in [2.45, 2.75) is 54.0 Å². The predicted molar refractivity (Wildman–Crippen MR) is 99.4 cm³/mol. The summed E-state index contributed by atoms with van der Waals surface area (Å²) in [6, 6.07) is 6.66. The maximum atomic E-state index is 11.8. The highest BCUT2D eigenvalue weighted by atomic mass is 16.2. The van der Waals surface area contributed by atoms with Gasteiger partial charge in [-0.2, -0.15) is 0 Å². The average Bonchev–Trinajstić information content (AvgIpc) is 2.79. The Morgan fingerprint density at radius 1 is 1.25 bits per heavy atom. The highest BCUT2D eigenvalue weighted by Crippen LogP contribution is 2.21. The third-order valence-corrected chi connectivity index (χ3v) is 3.93. The van der Waals surface area contributed by atoms with E-state index in [2.05, 4.69) is 73.0 Å². The summed E-state index contributed by atoms with van der Waals surface area (Å²) in [5.41, 5.74) is 3.47. The van der Waals surface area contributed by atoms with Crippen molar-refractivity contribution in [2.75, 3.05) is 13.1 Å². The van der Waals surface area contributed by atoms with Crippen LogP contribution in [0.2, 0.25) is 0 Å². The zero-order chi connectivity index (χ0) is 17.9. The topological polar surface area (TPSA) is 59.0 Å². The third-order valence-electron chi connectivity index (χ3n) is 3.93. The number of imidazole rings is 1. The molecule has 2 aromatic rings. The van der Waals surface area contributed by atoms with Gasteiger partial charge in [0, 0.05) is 19.1 Å². The molecule has 0 atom stereocenters. The first kappa shape index (κ1) is 18.3. The first-order valence-electron chi connectivity index (χ1n) is 8.66. The van der Waals surface area contributed by atoms with Gasteiger partial charge in [-0.15, -0.1) is 0 Å². The minimum atomic E-state index is -0.106. The summed E-state index contributed by atoms with van der Waals surface area (Å²) in [6.07, 6.45) is 0.798. The van der Waals surface area contributed by atoms with Crippen molar-refractivity contribution in [1.82, 2.24) is 20.2 Å². The number of hydrogen-bond donors (Lipinski definition) is 2. The smallest absolute Gasteiger partial charge is 0.314 e. The quantitative estimate of drug-likeness (QED) is 0.876. The molecule has 132 valence electrons. The lowest BCUT2D eigenvalue weighted by atomic mass is 9.97. The van der Waals surface area contributed by atoms with Crippen LogP contribution in [0.1, 0.15) is 52.0 Å². The van der Waals surface area contributed by atoms with Gasteiger partial charge in [0.25, 0.3) is 0 Å². The summed E-state index contributed by atoms with van der Waals surface area (Å²) in [6.45, 7) is 14.0. The van der Waals surface area contributed by atoms with Gasteiger partial charge in [0.15, 0.2) is 0 Å². The fraction of sp³-hybridized carbons (Fsp3) is 0.579. The number of benzene rings is 1. The third kappa shape index (κ3) is 4.73. The number of urea groups is 1. The number of fused-ring (bicyclic) bond motifs is 1. The molecule has 0 saturated carbocycles. The highest BCUT2D eigenvalue weighted by molar-refractivity contribution is 5.77. The van der Waals surface area contributed by atoms with Gasteiger partial charge in [-0.25, -0.2) is 9.78 Å². The summed E-state index contributed by atoms with van der Waals surface area (Å²) in [7, 11) is 0. The summed E-state index contributed by atoms with van der Waals surface area (Å²) in [5.74, 6) is 1.04. The van der Waals surface area contributed by atoms with Gasteiger partial charge in [0.2, 0.25) is 0 Å². The molecule has 1 aromatic carbocycles. The van der Waals surface area contributed by atoms with Crippen LogP contribution in [-0.2, 0) is 6.42 Å². The Kier molecular flexibility index (Phi) is 5.52. The van der Waals surface area contributed by atoms with E-state index >= 15 is 0 Å². The van der Waals surface area contributed by atoms with Crippen LogP contribution in [-0.4, -0.2) is 28.7 Å². The number of nitrogens with zero attached hydrogens (tertiary/aromatic N) is 2.